The number of likely N-dealkylation sites (N-methyl/N-ethyl adjacent to an activating group) is 1. The second kappa shape index (κ2) is 9.71. The number of rotatable bonds is 9. The van der Waals surface area contributed by atoms with Crippen molar-refractivity contribution in [2.75, 3.05) is 25.9 Å². The van der Waals surface area contributed by atoms with Gasteiger partial charge in [0.2, 0.25) is 0 Å². The molecule has 0 bridgehead atoms. The van der Waals surface area contributed by atoms with Crippen molar-refractivity contribution in [1.29, 1.82) is 0 Å². The van der Waals surface area contributed by atoms with E-state index in [4.69, 9.17) is 10.5 Å². The number of ether oxygens (including phenoxy) is 1. The fraction of sp³-hybridized carbons (Fsp3) is 0.762. The van der Waals surface area contributed by atoms with E-state index < -0.39 is 0 Å². The van der Waals surface area contributed by atoms with E-state index in [1.54, 1.807) is 0 Å². The van der Waals surface area contributed by atoms with Crippen LogP contribution in [0.1, 0.15) is 59.1 Å². The summed E-state index contributed by atoms with van der Waals surface area (Å²) in [6.45, 7) is 10.9. The number of nitrogens with zero attached hydrogens (tertiary/aromatic N) is 5. The number of piperidine rings is 1. The van der Waals surface area contributed by atoms with Gasteiger partial charge in [0.15, 0.2) is 11.5 Å². The summed E-state index contributed by atoms with van der Waals surface area (Å²) in [5.74, 6) is 0.968. The number of nitrogens with one attached hydrogen (secondary N) is 1. The van der Waals surface area contributed by atoms with Crippen LogP contribution in [-0.4, -0.2) is 62.8 Å². The van der Waals surface area contributed by atoms with Crippen molar-refractivity contribution in [2.24, 2.45) is 5.92 Å². The quantitative estimate of drug-likeness (QED) is 0.664. The van der Waals surface area contributed by atoms with E-state index in [-0.39, 0.29) is 6.10 Å². The highest BCUT2D eigenvalue weighted by molar-refractivity contribution is 5.59. The van der Waals surface area contributed by atoms with Crippen molar-refractivity contribution in [3.63, 3.8) is 0 Å². The first-order valence-electron chi connectivity index (χ1n) is 11.0. The molecule has 29 heavy (non-hydrogen) atoms. The van der Waals surface area contributed by atoms with E-state index in [9.17, 15) is 0 Å². The molecule has 0 saturated carbocycles. The second-order valence-electron chi connectivity index (χ2n) is 8.62. The zero-order valence-corrected chi connectivity index (χ0v) is 18.6. The Labute approximate surface area is 174 Å². The Kier molecular flexibility index (Phi) is 7.29. The molecule has 0 amide bonds. The minimum atomic E-state index is 0.0616. The van der Waals surface area contributed by atoms with Gasteiger partial charge in [-0.05, 0) is 66.0 Å². The molecular weight excluding hydrogens is 366 g/mol. The molecule has 0 aliphatic carbocycles. The first-order chi connectivity index (χ1) is 13.9. The van der Waals surface area contributed by atoms with Crippen molar-refractivity contribution in [3.8, 4) is 6.01 Å². The second-order valence-corrected chi connectivity index (χ2v) is 8.62. The molecule has 2 aromatic heterocycles. The van der Waals surface area contributed by atoms with Crippen LogP contribution in [0.4, 0.5) is 5.82 Å². The van der Waals surface area contributed by atoms with Gasteiger partial charge in [-0.15, -0.1) is 5.10 Å². The van der Waals surface area contributed by atoms with E-state index in [1.807, 2.05) is 24.7 Å². The van der Waals surface area contributed by atoms with Crippen molar-refractivity contribution in [2.45, 2.75) is 78.0 Å². The van der Waals surface area contributed by atoms with Gasteiger partial charge in [-0.2, -0.15) is 4.98 Å². The lowest BCUT2D eigenvalue weighted by atomic mass is 9.86. The van der Waals surface area contributed by atoms with Crippen LogP contribution < -0.4 is 15.8 Å². The van der Waals surface area contributed by atoms with Crippen LogP contribution in [0.5, 0.6) is 6.01 Å². The number of nitrogen functional groups attached to an aromatic ring is 1. The van der Waals surface area contributed by atoms with Crippen LogP contribution in [-0.2, 0) is 6.42 Å². The number of imidazole rings is 1. The maximum atomic E-state index is 6.14. The van der Waals surface area contributed by atoms with E-state index in [1.165, 1.54) is 12.8 Å². The zero-order chi connectivity index (χ0) is 21.0. The molecular formula is C21H37N7O. The third kappa shape index (κ3) is 5.17. The van der Waals surface area contributed by atoms with Crippen molar-refractivity contribution < 1.29 is 4.74 Å². The van der Waals surface area contributed by atoms with Crippen molar-refractivity contribution in [3.05, 3.63) is 11.9 Å². The molecule has 2 unspecified atom stereocenters. The van der Waals surface area contributed by atoms with E-state index in [2.05, 4.69) is 46.1 Å². The largest absolute Gasteiger partial charge is 0.459 e. The zero-order valence-electron chi connectivity index (χ0n) is 18.6. The minimum absolute atomic E-state index is 0.0616. The molecule has 0 aromatic carbocycles. The Morgan fingerprint density at radius 1 is 1.34 bits per heavy atom. The van der Waals surface area contributed by atoms with Crippen LogP contribution >= 0.6 is 0 Å². The Balaban J connectivity index is 1.77. The van der Waals surface area contributed by atoms with Gasteiger partial charge in [0.05, 0.1) is 18.0 Å². The molecule has 0 radical (unpaired) electrons. The summed E-state index contributed by atoms with van der Waals surface area (Å²) in [5.41, 5.74) is 7.83. The number of anilines is 1. The molecule has 3 N–H and O–H groups in total. The Hall–Kier alpha value is -1.93. The lowest BCUT2D eigenvalue weighted by Gasteiger charge is -2.42. The van der Waals surface area contributed by atoms with E-state index in [0.717, 1.165) is 38.0 Å². The third-order valence-electron chi connectivity index (χ3n) is 5.91. The molecule has 162 valence electrons. The Bertz CT molecular complexity index is 791. The van der Waals surface area contributed by atoms with Crippen LogP contribution in [0, 0.1) is 5.92 Å². The van der Waals surface area contributed by atoms with Gasteiger partial charge >= 0.3 is 6.01 Å². The average molecular weight is 404 g/mol. The lowest BCUT2D eigenvalue weighted by Crippen LogP contribution is -2.50. The van der Waals surface area contributed by atoms with Gasteiger partial charge in [-0.1, -0.05) is 13.3 Å². The van der Waals surface area contributed by atoms with Gasteiger partial charge in [0.1, 0.15) is 0 Å². The number of hydrogen-bond donors (Lipinski definition) is 2. The van der Waals surface area contributed by atoms with Gasteiger partial charge in [-0.3, -0.25) is 4.90 Å². The van der Waals surface area contributed by atoms with E-state index in [0.29, 0.717) is 35.5 Å². The molecule has 0 spiro atoms. The average Bonchev–Trinajstić information content (AvgIpc) is 3.05. The molecule has 2 aromatic rings. The minimum Gasteiger partial charge on any atom is -0.459 e. The molecule has 1 fully saturated rings. The summed E-state index contributed by atoms with van der Waals surface area (Å²) < 4.78 is 7.71. The first kappa shape index (κ1) is 21.8. The topological polar surface area (TPSA) is 93.6 Å². The summed E-state index contributed by atoms with van der Waals surface area (Å²) in [6, 6.07) is 1.46. The van der Waals surface area contributed by atoms with Gasteiger partial charge in [0.25, 0.3) is 0 Å². The predicted octanol–water partition coefficient (Wildman–Crippen LogP) is 2.52. The van der Waals surface area contributed by atoms with E-state index >= 15 is 0 Å². The molecule has 1 saturated heterocycles. The first-order valence-corrected chi connectivity index (χ1v) is 11.0. The molecule has 1 aliphatic rings. The lowest BCUT2D eigenvalue weighted by molar-refractivity contribution is 0.0814. The molecule has 3 atom stereocenters. The fourth-order valence-electron chi connectivity index (χ4n) is 4.51. The Morgan fingerprint density at radius 3 is 2.83 bits per heavy atom. The number of nitrogens with two attached hydrogens (primary N) is 1. The third-order valence-corrected chi connectivity index (χ3v) is 5.91. The highest BCUT2D eigenvalue weighted by Gasteiger charge is 2.30. The van der Waals surface area contributed by atoms with Crippen molar-refractivity contribution >= 4 is 11.5 Å². The van der Waals surface area contributed by atoms with Gasteiger partial charge < -0.3 is 15.8 Å². The normalized spacial score (nSPS) is 21.7. The molecule has 8 heteroatoms. The smallest absolute Gasteiger partial charge is 0.336 e. The number of aromatic nitrogens is 4. The number of likely N-dealkylation sites (tertiary alicyclic amines) is 1. The number of hydrogen-bond acceptors (Lipinski definition) is 7. The molecule has 1 aliphatic heterocycles. The van der Waals surface area contributed by atoms with Gasteiger partial charge in [0, 0.05) is 18.6 Å². The summed E-state index contributed by atoms with van der Waals surface area (Å²) in [4.78, 5) is 11.4. The van der Waals surface area contributed by atoms with Crippen LogP contribution in [0.2, 0.25) is 0 Å². The monoisotopic (exact) mass is 403 g/mol. The predicted molar refractivity (Wildman–Crippen MR) is 116 cm³/mol. The van der Waals surface area contributed by atoms with Crippen molar-refractivity contribution in [1.82, 2.24) is 29.8 Å². The van der Waals surface area contributed by atoms with Crippen LogP contribution in [0.25, 0.3) is 5.65 Å². The maximum absolute atomic E-state index is 6.14. The standard InChI is InChI=1S/C21H37N7O/c1-6-7-15(4)29-21-25-19(22)20-24-13-18(28(20)26-21)11-16-8-9-27(14(2)3)17(10-16)12-23-5/h13-17,23H,6-12H2,1-5H3,(H2,22,25,26)/t15-,16?,17?/m0/s1. The highest BCUT2D eigenvalue weighted by atomic mass is 16.5. The fourth-order valence-corrected chi connectivity index (χ4v) is 4.51. The SMILES string of the molecule is CCC[C@H](C)Oc1nc(N)c2ncc(CC3CCN(C(C)C)C(CNC)C3)n2n1. The molecule has 8 nitrogen and oxygen atoms in total. The molecule has 3 heterocycles. The molecule has 3 rings (SSSR count). The summed E-state index contributed by atoms with van der Waals surface area (Å²) in [5, 5.41) is 7.96. The Morgan fingerprint density at radius 2 is 2.14 bits per heavy atom. The van der Waals surface area contributed by atoms with Gasteiger partial charge in [-0.25, -0.2) is 9.50 Å². The van der Waals surface area contributed by atoms with Crippen LogP contribution in [0.3, 0.4) is 0 Å². The number of fused-ring (bicyclic) bond motifs is 1. The summed E-state index contributed by atoms with van der Waals surface area (Å²) >= 11 is 0. The summed E-state index contributed by atoms with van der Waals surface area (Å²) in [6.07, 6.45) is 7.26. The maximum Gasteiger partial charge on any atom is 0.336 e. The summed E-state index contributed by atoms with van der Waals surface area (Å²) in [7, 11) is 2.04. The van der Waals surface area contributed by atoms with Crippen LogP contribution in [0.15, 0.2) is 6.20 Å². The highest BCUT2D eigenvalue weighted by Crippen LogP contribution is 2.28.